The lowest BCUT2D eigenvalue weighted by atomic mass is 10.1. The monoisotopic (exact) mass is 324 g/mol. The number of carbonyl (C=O) groups is 1. The summed E-state index contributed by atoms with van der Waals surface area (Å²) in [5.41, 5.74) is 4.67. The Morgan fingerprint density at radius 3 is 2.58 bits per heavy atom. The molecule has 0 bridgehead atoms. The van der Waals surface area contributed by atoms with Gasteiger partial charge >= 0.3 is 0 Å². The molecule has 1 heterocycles. The van der Waals surface area contributed by atoms with Crippen LogP contribution in [0.25, 0.3) is 0 Å². The molecule has 1 aliphatic rings. The number of carbonyl (C=O) groups excluding carboxylic acids is 1. The van der Waals surface area contributed by atoms with Crippen LogP contribution < -0.4 is 14.9 Å². The van der Waals surface area contributed by atoms with Gasteiger partial charge in [0.25, 0.3) is 5.91 Å². The highest BCUT2D eigenvalue weighted by Gasteiger charge is 2.27. The Morgan fingerprint density at radius 2 is 1.83 bits per heavy atom. The first kappa shape index (κ1) is 16.1. The van der Waals surface area contributed by atoms with Crippen LogP contribution in [0.5, 0.6) is 11.5 Å². The Kier molecular flexibility index (Phi) is 5.11. The van der Waals surface area contributed by atoms with Gasteiger partial charge in [0.05, 0.1) is 0 Å². The van der Waals surface area contributed by atoms with Crippen LogP contribution in [0, 0.1) is 0 Å². The Bertz CT molecular complexity index is 728. The lowest BCUT2D eigenvalue weighted by Gasteiger charge is -2.24. The topological polar surface area (TPSA) is 59.9 Å². The van der Waals surface area contributed by atoms with Crippen molar-refractivity contribution in [2.24, 2.45) is 5.10 Å². The number of para-hydroxylation sites is 2. The van der Waals surface area contributed by atoms with Crippen LogP contribution >= 0.6 is 0 Å². The summed E-state index contributed by atoms with van der Waals surface area (Å²) in [6.45, 7) is 2.20. The minimum atomic E-state index is -0.696. The number of nitrogens with zero attached hydrogens (tertiary/aromatic N) is 1. The van der Waals surface area contributed by atoms with E-state index in [0.29, 0.717) is 17.9 Å². The molecule has 3 rings (SSSR count). The van der Waals surface area contributed by atoms with Crippen LogP contribution in [0.15, 0.2) is 59.7 Å². The van der Waals surface area contributed by atoms with E-state index >= 15 is 0 Å². The predicted molar refractivity (Wildman–Crippen MR) is 92.4 cm³/mol. The molecule has 0 saturated carbocycles. The molecule has 1 unspecified atom stereocenters. The largest absolute Gasteiger partial charge is 0.485 e. The van der Waals surface area contributed by atoms with E-state index in [9.17, 15) is 4.79 Å². The summed E-state index contributed by atoms with van der Waals surface area (Å²) >= 11 is 0. The van der Waals surface area contributed by atoms with Crippen molar-refractivity contribution in [1.29, 1.82) is 0 Å². The number of rotatable bonds is 5. The SMILES string of the molecule is CC/C(Cc1ccccc1)=N\NC(=O)C1COc2ccccc2O1. The zero-order valence-electron chi connectivity index (χ0n) is 13.6. The zero-order chi connectivity index (χ0) is 16.8. The number of ether oxygens (including phenoxy) is 2. The summed E-state index contributed by atoms with van der Waals surface area (Å²) in [5.74, 6) is 0.930. The van der Waals surface area contributed by atoms with Crippen molar-refractivity contribution >= 4 is 11.6 Å². The number of amides is 1. The molecule has 1 aliphatic heterocycles. The average molecular weight is 324 g/mol. The molecule has 1 amide bonds. The Morgan fingerprint density at radius 1 is 1.12 bits per heavy atom. The number of benzene rings is 2. The quantitative estimate of drug-likeness (QED) is 0.679. The molecule has 0 spiro atoms. The number of hydrogen-bond donors (Lipinski definition) is 1. The first-order valence-corrected chi connectivity index (χ1v) is 8.04. The second kappa shape index (κ2) is 7.64. The fraction of sp³-hybridized carbons (Fsp3) is 0.263. The van der Waals surface area contributed by atoms with E-state index in [-0.39, 0.29) is 12.5 Å². The number of fused-ring (bicyclic) bond motifs is 1. The fourth-order valence-corrected chi connectivity index (χ4v) is 2.43. The molecule has 0 aromatic heterocycles. The molecular weight excluding hydrogens is 304 g/mol. The third kappa shape index (κ3) is 3.93. The summed E-state index contributed by atoms with van der Waals surface area (Å²) in [7, 11) is 0. The minimum Gasteiger partial charge on any atom is -0.485 e. The van der Waals surface area contributed by atoms with Gasteiger partial charge in [0.15, 0.2) is 11.5 Å². The van der Waals surface area contributed by atoms with Crippen LogP contribution in [0.3, 0.4) is 0 Å². The minimum absolute atomic E-state index is 0.179. The molecule has 1 N–H and O–H groups in total. The van der Waals surface area contributed by atoms with Gasteiger partial charge < -0.3 is 9.47 Å². The van der Waals surface area contributed by atoms with E-state index in [4.69, 9.17) is 9.47 Å². The van der Waals surface area contributed by atoms with Gasteiger partial charge in [-0.15, -0.1) is 0 Å². The third-order valence-electron chi connectivity index (χ3n) is 3.78. The highest BCUT2D eigenvalue weighted by molar-refractivity contribution is 5.89. The van der Waals surface area contributed by atoms with Crippen LogP contribution in [0.1, 0.15) is 18.9 Å². The molecule has 0 saturated heterocycles. The van der Waals surface area contributed by atoms with Gasteiger partial charge in [-0.1, -0.05) is 49.4 Å². The molecule has 0 fully saturated rings. The molecule has 5 heteroatoms. The maximum Gasteiger partial charge on any atom is 0.284 e. The van der Waals surface area contributed by atoms with Gasteiger partial charge in [0.2, 0.25) is 6.10 Å². The van der Waals surface area contributed by atoms with Crippen molar-refractivity contribution in [3.8, 4) is 11.5 Å². The van der Waals surface area contributed by atoms with Gasteiger partial charge in [-0.05, 0) is 24.1 Å². The Balaban J connectivity index is 1.60. The molecule has 5 nitrogen and oxygen atoms in total. The number of nitrogens with one attached hydrogen (secondary N) is 1. The molecular formula is C19H20N2O3. The summed E-state index contributed by atoms with van der Waals surface area (Å²) in [4.78, 5) is 12.3. The van der Waals surface area contributed by atoms with Crippen molar-refractivity contribution in [3.63, 3.8) is 0 Å². The van der Waals surface area contributed by atoms with E-state index < -0.39 is 6.10 Å². The number of hydrazone groups is 1. The lowest BCUT2D eigenvalue weighted by Crippen LogP contribution is -2.42. The van der Waals surface area contributed by atoms with Crippen molar-refractivity contribution in [2.75, 3.05) is 6.61 Å². The second-order valence-electron chi connectivity index (χ2n) is 5.53. The Hall–Kier alpha value is -2.82. The summed E-state index contributed by atoms with van der Waals surface area (Å²) in [6, 6.07) is 17.4. The standard InChI is InChI=1S/C19H20N2O3/c1-2-15(12-14-8-4-3-5-9-14)20-21-19(22)18-13-23-16-10-6-7-11-17(16)24-18/h3-11,18H,2,12-13H2,1H3,(H,21,22)/b20-15+. The Labute approximate surface area is 141 Å². The third-order valence-corrected chi connectivity index (χ3v) is 3.78. The van der Waals surface area contributed by atoms with E-state index in [0.717, 1.165) is 12.1 Å². The fourth-order valence-electron chi connectivity index (χ4n) is 2.43. The highest BCUT2D eigenvalue weighted by atomic mass is 16.6. The maximum atomic E-state index is 12.3. The van der Waals surface area contributed by atoms with Crippen molar-refractivity contribution in [2.45, 2.75) is 25.9 Å². The molecule has 1 atom stereocenters. The smallest absolute Gasteiger partial charge is 0.284 e. The summed E-state index contributed by atoms with van der Waals surface area (Å²) in [5, 5.41) is 4.25. The highest BCUT2D eigenvalue weighted by Crippen LogP contribution is 2.30. The molecule has 24 heavy (non-hydrogen) atoms. The predicted octanol–water partition coefficient (Wildman–Crippen LogP) is 2.95. The first-order chi connectivity index (χ1) is 11.8. The van der Waals surface area contributed by atoms with E-state index in [1.54, 1.807) is 6.07 Å². The normalized spacial score (nSPS) is 16.5. The van der Waals surface area contributed by atoms with Gasteiger partial charge in [0.1, 0.15) is 6.61 Å². The maximum absolute atomic E-state index is 12.3. The molecule has 2 aromatic carbocycles. The number of hydrogen-bond acceptors (Lipinski definition) is 4. The lowest BCUT2D eigenvalue weighted by molar-refractivity contribution is -0.130. The van der Waals surface area contributed by atoms with Gasteiger partial charge in [-0.3, -0.25) is 4.79 Å². The van der Waals surface area contributed by atoms with Crippen molar-refractivity contribution in [1.82, 2.24) is 5.43 Å². The average Bonchev–Trinajstić information content (AvgIpc) is 2.65. The zero-order valence-corrected chi connectivity index (χ0v) is 13.6. The first-order valence-electron chi connectivity index (χ1n) is 8.04. The van der Waals surface area contributed by atoms with Gasteiger partial charge in [-0.2, -0.15) is 5.10 Å². The van der Waals surface area contributed by atoms with Crippen LogP contribution in [-0.4, -0.2) is 24.3 Å². The second-order valence-corrected chi connectivity index (χ2v) is 5.53. The van der Waals surface area contributed by atoms with Crippen LogP contribution in [0.4, 0.5) is 0 Å². The molecule has 2 aromatic rings. The summed E-state index contributed by atoms with van der Waals surface area (Å²) in [6.07, 6.45) is 0.779. The van der Waals surface area contributed by atoms with Gasteiger partial charge in [-0.25, -0.2) is 5.43 Å². The van der Waals surface area contributed by atoms with E-state index in [1.807, 2.05) is 55.5 Å². The van der Waals surface area contributed by atoms with E-state index in [2.05, 4.69) is 10.5 Å². The summed E-state index contributed by atoms with van der Waals surface area (Å²) < 4.78 is 11.2. The van der Waals surface area contributed by atoms with E-state index in [1.165, 1.54) is 5.56 Å². The van der Waals surface area contributed by atoms with Crippen molar-refractivity contribution < 1.29 is 14.3 Å². The molecule has 124 valence electrons. The molecule has 0 radical (unpaired) electrons. The van der Waals surface area contributed by atoms with Crippen LogP contribution in [-0.2, 0) is 11.2 Å². The van der Waals surface area contributed by atoms with Gasteiger partial charge in [0, 0.05) is 12.1 Å². The van der Waals surface area contributed by atoms with Crippen LogP contribution in [0.2, 0.25) is 0 Å². The van der Waals surface area contributed by atoms with Crippen molar-refractivity contribution in [3.05, 3.63) is 60.2 Å². The molecule has 0 aliphatic carbocycles.